The summed E-state index contributed by atoms with van der Waals surface area (Å²) in [5.74, 6) is 0.760. The first kappa shape index (κ1) is 14.0. The predicted molar refractivity (Wildman–Crippen MR) is 69.8 cm³/mol. The average molecular weight is 227 g/mol. The molecule has 16 heavy (non-hydrogen) atoms. The minimum atomic E-state index is 0.246. The second-order valence-corrected chi connectivity index (χ2v) is 5.57. The lowest BCUT2D eigenvalue weighted by molar-refractivity contribution is -0.107. The Kier molecular flexibility index (Phi) is 6.37. The molecule has 1 aliphatic carbocycles. The highest BCUT2D eigenvalue weighted by molar-refractivity contribution is 4.90. The summed E-state index contributed by atoms with van der Waals surface area (Å²) >= 11 is 0. The molecule has 0 aromatic carbocycles. The van der Waals surface area contributed by atoms with E-state index in [0.29, 0.717) is 0 Å². The van der Waals surface area contributed by atoms with E-state index >= 15 is 0 Å². The molecule has 0 bridgehead atoms. The molecule has 1 N–H and O–H groups in total. The molecule has 96 valence electrons. The van der Waals surface area contributed by atoms with Crippen LogP contribution in [0.2, 0.25) is 0 Å². The van der Waals surface area contributed by atoms with Crippen molar-refractivity contribution in [2.45, 2.75) is 64.9 Å². The van der Waals surface area contributed by atoms with Gasteiger partial charge in [-0.25, -0.2) is 0 Å². The van der Waals surface area contributed by atoms with Crippen LogP contribution in [0.25, 0.3) is 0 Å². The van der Waals surface area contributed by atoms with Gasteiger partial charge in [-0.15, -0.1) is 0 Å². The lowest BCUT2D eigenvalue weighted by Crippen LogP contribution is -2.43. The van der Waals surface area contributed by atoms with Gasteiger partial charge in [0.2, 0.25) is 0 Å². The Balaban J connectivity index is 2.12. The quantitative estimate of drug-likeness (QED) is 0.610. The van der Waals surface area contributed by atoms with Gasteiger partial charge in [0, 0.05) is 6.61 Å². The predicted octanol–water partition coefficient (Wildman–Crippen LogP) is 3.36. The first-order chi connectivity index (χ1) is 7.68. The second-order valence-electron chi connectivity index (χ2n) is 5.57. The van der Waals surface area contributed by atoms with Crippen LogP contribution in [-0.4, -0.2) is 25.3 Å². The Morgan fingerprint density at radius 2 is 2.00 bits per heavy atom. The van der Waals surface area contributed by atoms with E-state index in [2.05, 4.69) is 26.1 Å². The molecule has 0 spiro atoms. The fraction of sp³-hybridized carbons (Fsp3) is 1.00. The SMILES string of the molecule is CCCNCCC1(OCCC(C)C)CCC1. The van der Waals surface area contributed by atoms with Gasteiger partial charge < -0.3 is 10.1 Å². The first-order valence-electron chi connectivity index (χ1n) is 7.03. The molecule has 0 saturated heterocycles. The fourth-order valence-electron chi connectivity index (χ4n) is 2.17. The number of hydrogen-bond acceptors (Lipinski definition) is 2. The maximum atomic E-state index is 6.12. The van der Waals surface area contributed by atoms with Gasteiger partial charge in [0.25, 0.3) is 0 Å². The van der Waals surface area contributed by atoms with Crippen molar-refractivity contribution in [2.75, 3.05) is 19.7 Å². The Morgan fingerprint density at radius 3 is 2.50 bits per heavy atom. The molecule has 0 unspecified atom stereocenters. The van der Waals surface area contributed by atoms with Gasteiger partial charge >= 0.3 is 0 Å². The summed E-state index contributed by atoms with van der Waals surface area (Å²) < 4.78 is 6.12. The molecule has 0 aromatic rings. The molecule has 1 aliphatic rings. The van der Waals surface area contributed by atoms with Gasteiger partial charge in [0.1, 0.15) is 0 Å². The van der Waals surface area contributed by atoms with Crippen molar-refractivity contribution in [3.63, 3.8) is 0 Å². The van der Waals surface area contributed by atoms with Crippen molar-refractivity contribution in [3.8, 4) is 0 Å². The minimum Gasteiger partial charge on any atom is -0.375 e. The maximum Gasteiger partial charge on any atom is 0.0694 e. The summed E-state index contributed by atoms with van der Waals surface area (Å²) in [5, 5.41) is 3.48. The van der Waals surface area contributed by atoms with E-state index in [1.54, 1.807) is 0 Å². The summed E-state index contributed by atoms with van der Waals surface area (Å²) in [4.78, 5) is 0. The summed E-state index contributed by atoms with van der Waals surface area (Å²) in [6, 6.07) is 0. The Hall–Kier alpha value is -0.0800. The largest absolute Gasteiger partial charge is 0.375 e. The lowest BCUT2D eigenvalue weighted by Gasteiger charge is -2.42. The van der Waals surface area contributed by atoms with Gasteiger partial charge in [0.05, 0.1) is 5.60 Å². The van der Waals surface area contributed by atoms with Crippen LogP contribution < -0.4 is 5.32 Å². The zero-order valence-corrected chi connectivity index (χ0v) is 11.3. The third kappa shape index (κ3) is 4.84. The first-order valence-corrected chi connectivity index (χ1v) is 7.03. The Morgan fingerprint density at radius 1 is 1.25 bits per heavy atom. The van der Waals surface area contributed by atoms with E-state index in [-0.39, 0.29) is 5.60 Å². The van der Waals surface area contributed by atoms with E-state index in [1.165, 1.54) is 38.5 Å². The van der Waals surface area contributed by atoms with Gasteiger partial charge in [-0.05, 0) is 57.5 Å². The molecule has 0 amide bonds. The molecule has 2 heteroatoms. The monoisotopic (exact) mass is 227 g/mol. The van der Waals surface area contributed by atoms with Crippen molar-refractivity contribution < 1.29 is 4.74 Å². The smallest absolute Gasteiger partial charge is 0.0694 e. The molecule has 0 aliphatic heterocycles. The highest BCUT2D eigenvalue weighted by atomic mass is 16.5. The van der Waals surface area contributed by atoms with Crippen LogP contribution in [0.15, 0.2) is 0 Å². The third-order valence-corrected chi connectivity index (χ3v) is 3.55. The number of nitrogens with one attached hydrogen (secondary N) is 1. The normalized spacial score (nSPS) is 18.8. The molecule has 2 nitrogen and oxygen atoms in total. The van der Waals surface area contributed by atoms with Crippen molar-refractivity contribution in [1.82, 2.24) is 5.32 Å². The van der Waals surface area contributed by atoms with Crippen LogP contribution in [-0.2, 0) is 4.74 Å². The molecule has 0 atom stereocenters. The van der Waals surface area contributed by atoms with Gasteiger partial charge in [-0.2, -0.15) is 0 Å². The third-order valence-electron chi connectivity index (χ3n) is 3.55. The van der Waals surface area contributed by atoms with E-state index in [4.69, 9.17) is 4.74 Å². The molecule has 0 radical (unpaired) electrons. The van der Waals surface area contributed by atoms with Crippen LogP contribution >= 0.6 is 0 Å². The molecular weight excluding hydrogens is 198 g/mol. The Labute approximate surface area is 101 Å². The van der Waals surface area contributed by atoms with Gasteiger partial charge in [-0.1, -0.05) is 20.8 Å². The number of rotatable bonds is 9. The summed E-state index contributed by atoms with van der Waals surface area (Å²) in [7, 11) is 0. The number of hydrogen-bond donors (Lipinski definition) is 1. The maximum absolute atomic E-state index is 6.12. The molecular formula is C14H29NO. The summed E-state index contributed by atoms with van der Waals surface area (Å²) in [6.07, 6.45) is 7.53. The topological polar surface area (TPSA) is 21.3 Å². The van der Waals surface area contributed by atoms with E-state index < -0.39 is 0 Å². The Bertz CT molecular complexity index is 176. The average Bonchev–Trinajstić information content (AvgIpc) is 2.19. The fourth-order valence-corrected chi connectivity index (χ4v) is 2.17. The van der Waals surface area contributed by atoms with Crippen molar-refractivity contribution in [1.29, 1.82) is 0 Å². The molecule has 1 fully saturated rings. The number of ether oxygens (including phenoxy) is 1. The summed E-state index contributed by atoms with van der Waals surface area (Å²) in [5.41, 5.74) is 0.246. The zero-order chi connectivity index (χ0) is 11.9. The van der Waals surface area contributed by atoms with E-state index in [1.807, 2.05) is 0 Å². The minimum absolute atomic E-state index is 0.246. The molecule has 0 aromatic heterocycles. The van der Waals surface area contributed by atoms with Gasteiger partial charge in [0.15, 0.2) is 0 Å². The van der Waals surface area contributed by atoms with Crippen LogP contribution in [0.1, 0.15) is 59.3 Å². The van der Waals surface area contributed by atoms with Crippen molar-refractivity contribution >= 4 is 0 Å². The van der Waals surface area contributed by atoms with Crippen LogP contribution in [0.4, 0.5) is 0 Å². The molecule has 1 rings (SSSR count). The van der Waals surface area contributed by atoms with Crippen LogP contribution in [0.5, 0.6) is 0 Å². The highest BCUT2D eigenvalue weighted by Gasteiger charge is 2.37. The van der Waals surface area contributed by atoms with Crippen molar-refractivity contribution in [3.05, 3.63) is 0 Å². The van der Waals surface area contributed by atoms with Gasteiger partial charge in [-0.3, -0.25) is 0 Å². The van der Waals surface area contributed by atoms with E-state index in [9.17, 15) is 0 Å². The van der Waals surface area contributed by atoms with Crippen LogP contribution in [0.3, 0.4) is 0 Å². The summed E-state index contributed by atoms with van der Waals surface area (Å²) in [6.45, 7) is 9.95. The zero-order valence-electron chi connectivity index (χ0n) is 11.3. The van der Waals surface area contributed by atoms with Crippen LogP contribution in [0, 0.1) is 5.92 Å². The standard InChI is InChI=1S/C14H29NO/c1-4-10-15-11-9-14(7-5-8-14)16-12-6-13(2)3/h13,15H,4-12H2,1-3H3. The molecule has 0 heterocycles. The van der Waals surface area contributed by atoms with E-state index in [0.717, 1.165) is 25.6 Å². The van der Waals surface area contributed by atoms with Crippen molar-refractivity contribution in [2.24, 2.45) is 5.92 Å². The second kappa shape index (κ2) is 7.29. The molecule has 1 saturated carbocycles. The highest BCUT2D eigenvalue weighted by Crippen LogP contribution is 2.38. The lowest BCUT2D eigenvalue weighted by atomic mass is 9.77.